The fourth-order valence-electron chi connectivity index (χ4n) is 0.777. The number of carbonyl (C=O) groups is 2. The third kappa shape index (κ3) is 29.2. The Kier molecular flexibility index (Phi) is 15.9. The Labute approximate surface area is 162 Å². The molecular formula is C16H32N2O8S. The first-order valence-corrected chi connectivity index (χ1v) is 9.26. The topological polar surface area (TPSA) is 133 Å². The van der Waals surface area contributed by atoms with E-state index in [1.807, 2.05) is 42.0 Å². The highest BCUT2D eigenvalue weighted by atomic mass is 32.3. The average Bonchev–Trinajstić information content (AvgIpc) is 2.56. The molecule has 0 atom stereocenters. The molecule has 27 heavy (non-hydrogen) atoms. The normalized spacial score (nSPS) is 11.0. The van der Waals surface area contributed by atoms with Crippen molar-refractivity contribution in [3.63, 3.8) is 0 Å². The maximum absolute atomic E-state index is 10.6. The van der Waals surface area contributed by atoms with Gasteiger partial charge < -0.3 is 18.6 Å². The first kappa shape index (κ1) is 30.0. The van der Waals surface area contributed by atoms with Crippen LogP contribution in [0, 0.1) is 0 Å². The van der Waals surface area contributed by atoms with Crippen LogP contribution in [0.25, 0.3) is 0 Å². The van der Waals surface area contributed by atoms with Crippen molar-refractivity contribution in [2.75, 3.05) is 54.7 Å². The molecule has 0 saturated carbocycles. The fraction of sp³-hybridized carbons (Fsp3) is 0.625. The second kappa shape index (κ2) is 14.3. The molecule has 0 radical (unpaired) electrons. The molecule has 0 aliphatic rings. The molecule has 0 heterocycles. The lowest BCUT2D eigenvalue weighted by Gasteiger charge is -2.26. The van der Waals surface area contributed by atoms with Crippen molar-refractivity contribution in [3.8, 4) is 0 Å². The lowest BCUT2D eigenvalue weighted by Crippen LogP contribution is -2.41. The molecule has 0 aliphatic heterocycles. The van der Waals surface area contributed by atoms with Crippen molar-refractivity contribution in [2.24, 2.45) is 0 Å². The van der Waals surface area contributed by atoms with Gasteiger partial charge >= 0.3 is 11.9 Å². The predicted molar refractivity (Wildman–Crippen MR) is 98.1 cm³/mol. The number of hydrogen-bond donors (Lipinski definition) is 0. The molecule has 0 fully saturated rings. The zero-order valence-corrected chi connectivity index (χ0v) is 17.8. The molecule has 0 amide bonds. The van der Waals surface area contributed by atoms with E-state index in [0.717, 1.165) is 13.1 Å². The first-order chi connectivity index (χ1) is 12.0. The molecule has 11 heteroatoms. The molecule has 0 bridgehead atoms. The minimum atomic E-state index is -5.17. The quantitative estimate of drug-likeness (QED) is 0.138. The van der Waals surface area contributed by atoms with Crippen molar-refractivity contribution in [1.29, 1.82) is 0 Å². The number of ether oxygens (including phenoxy) is 2. The maximum Gasteiger partial charge on any atom is 0.334 e. The van der Waals surface area contributed by atoms with Crippen LogP contribution in [-0.4, -0.2) is 93.2 Å². The van der Waals surface area contributed by atoms with E-state index in [4.69, 9.17) is 27.0 Å². The molecular weight excluding hydrogens is 380 g/mol. The largest absolute Gasteiger partial charge is 0.759 e. The Hall–Kier alpha value is -1.79. The SMILES string of the molecule is C=CC(=O)OC[N+](C)(C)CC.C=CC(=O)OC[N+](C)(C)CC.O=S(=O)([O-])[O-]. The first-order valence-electron chi connectivity index (χ1n) is 7.92. The monoisotopic (exact) mass is 412 g/mol. The predicted octanol–water partition coefficient (Wildman–Crippen LogP) is 0.201. The molecule has 0 spiro atoms. The van der Waals surface area contributed by atoms with Gasteiger partial charge in [0, 0.05) is 22.6 Å². The van der Waals surface area contributed by atoms with Crippen LogP contribution in [0.5, 0.6) is 0 Å². The van der Waals surface area contributed by atoms with Crippen molar-refractivity contribution in [2.45, 2.75) is 13.8 Å². The van der Waals surface area contributed by atoms with E-state index in [9.17, 15) is 9.59 Å². The third-order valence-corrected chi connectivity index (χ3v) is 3.16. The van der Waals surface area contributed by atoms with Crippen LogP contribution in [0.1, 0.15) is 13.8 Å². The van der Waals surface area contributed by atoms with Crippen LogP contribution in [0.3, 0.4) is 0 Å². The minimum Gasteiger partial charge on any atom is -0.759 e. The van der Waals surface area contributed by atoms with E-state index < -0.39 is 10.4 Å². The standard InChI is InChI=1S/2C8H16NO2.H2O4S/c2*1-5-8(10)11-7-9(3,4)6-2;1-5(2,3)4/h2*5H,1,6-7H2,2-4H3;(H2,1,2,3,4)/q2*+1;/p-2. The van der Waals surface area contributed by atoms with Gasteiger partial charge in [0.2, 0.25) is 13.5 Å². The summed E-state index contributed by atoms with van der Waals surface area (Å²) in [4.78, 5) is 21.2. The van der Waals surface area contributed by atoms with Gasteiger partial charge in [0.25, 0.3) is 0 Å². The van der Waals surface area contributed by atoms with Gasteiger partial charge in [0.05, 0.1) is 41.3 Å². The van der Waals surface area contributed by atoms with Gasteiger partial charge in [-0.2, -0.15) is 0 Å². The highest BCUT2D eigenvalue weighted by Crippen LogP contribution is 1.96. The summed E-state index contributed by atoms with van der Waals surface area (Å²) < 4.78 is 45.2. The van der Waals surface area contributed by atoms with E-state index in [0.29, 0.717) is 22.4 Å². The smallest absolute Gasteiger partial charge is 0.334 e. The van der Waals surface area contributed by atoms with E-state index >= 15 is 0 Å². The number of hydrogen-bond acceptors (Lipinski definition) is 8. The van der Waals surface area contributed by atoms with Crippen molar-refractivity contribution < 1.29 is 45.6 Å². The summed E-state index contributed by atoms with van der Waals surface area (Å²) >= 11 is 0. The van der Waals surface area contributed by atoms with Gasteiger partial charge in [-0.05, 0) is 13.8 Å². The summed E-state index contributed by atoms with van der Waals surface area (Å²) in [7, 11) is 2.82. The molecule has 0 aromatic heterocycles. The number of quaternary nitrogens is 2. The van der Waals surface area contributed by atoms with E-state index in [-0.39, 0.29) is 11.9 Å². The third-order valence-electron chi connectivity index (χ3n) is 3.16. The van der Waals surface area contributed by atoms with Crippen molar-refractivity contribution in [3.05, 3.63) is 25.3 Å². The lowest BCUT2D eigenvalue weighted by atomic mass is 10.5. The van der Waals surface area contributed by atoms with Gasteiger partial charge in [0.1, 0.15) is 0 Å². The molecule has 0 aromatic rings. The summed E-state index contributed by atoms with van der Waals surface area (Å²) in [5.41, 5.74) is 0. The number of nitrogens with zero attached hydrogens (tertiary/aromatic N) is 2. The molecule has 0 unspecified atom stereocenters. The van der Waals surface area contributed by atoms with Crippen LogP contribution in [0.15, 0.2) is 25.3 Å². The maximum atomic E-state index is 10.6. The van der Waals surface area contributed by atoms with Gasteiger partial charge in [-0.3, -0.25) is 17.4 Å². The highest BCUT2D eigenvalue weighted by Gasteiger charge is 2.13. The Balaban J connectivity index is -0.000000344. The Morgan fingerprint density at radius 2 is 1.07 bits per heavy atom. The van der Waals surface area contributed by atoms with Crippen LogP contribution < -0.4 is 0 Å². The van der Waals surface area contributed by atoms with E-state index in [1.165, 1.54) is 12.2 Å². The number of carbonyl (C=O) groups excluding carboxylic acids is 2. The summed E-state index contributed by atoms with van der Waals surface area (Å²) in [5, 5.41) is 0. The average molecular weight is 413 g/mol. The van der Waals surface area contributed by atoms with Crippen molar-refractivity contribution in [1.82, 2.24) is 0 Å². The zero-order chi connectivity index (χ0) is 22.3. The second-order valence-corrected chi connectivity index (χ2v) is 7.32. The summed E-state index contributed by atoms with van der Waals surface area (Å²) in [6.07, 6.45) is 2.35. The highest BCUT2D eigenvalue weighted by molar-refractivity contribution is 7.79. The number of esters is 2. The fourth-order valence-corrected chi connectivity index (χ4v) is 0.777. The molecule has 0 aliphatic carbocycles. The van der Waals surface area contributed by atoms with Gasteiger partial charge in [-0.15, -0.1) is 0 Å². The molecule has 0 aromatic carbocycles. The van der Waals surface area contributed by atoms with Crippen LogP contribution in [-0.2, 0) is 29.5 Å². The van der Waals surface area contributed by atoms with Crippen LogP contribution >= 0.6 is 0 Å². The molecule has 0 rings (SSSR count). The molecule has 0 saturated heterocycles. The summed E-state index contributed by atoms with van der Waals surface area (Å²) in [5.74, 6) is -0.714. The summed E-state index contributed by atoms with van der Waals surface area (Å²) in [6, 6.07) is 0. The Bertz CT molecular complexity index is 527. The van der Waals surface area contributed by atoms with Crippen LogP contribution in [0.4, 0.5) is 0 Å². The lowest BCUT2D eigenvalue weighted by molar-refractivity contribution is -0.905. The van der Waals surface area contributed by atoms with Crippen molar-refractivity contribution >= 4 is 22.3 Å². The molecule has 160 valence electrons. The van der Waals surface area contributed by atoms with E-state index in [1.54, 1.807) is 0 Å². The van der Waals surface area contributed by atoms with Gasteiger partial charge in [-0.25, -0.2) is 9.59 Å². The van der Waals surface area contributed by atoms with Gasteiger partial charge in [-0.1, -0.05) is 13.2 Å². The van der Waals surface area contributed by atoms with Crippen LogP contribution in [0.2, 0.25) is 0 Å². The molecule has 10 nitrogen and oxygen atoms in total. The Morgan fingerprint density at radius 3 is 1.22 bits per heavy atom. The minimum absolute atomic E-state index is 0.357. The zero-order valence-electron chi connectivity index (χ0n) is 17.0. The Morgan fingerprint density at radius 1 is 0.852 bits per heavy atom. The molecule has 0 N–H and O–H groups in total. The summed E-state index contributed by atoms with van der Waals surface area (Å²) in [6.45, 7) is 13.4. The second-order valence-electron chi connectivity index (χ2n) is 6.51. The van der Waals surface area contributed by atoms with Gasteiger partial charge in [0.15, 0.2) is 0 Å². The van der Waals surface area contributed by atoms with E-state index in [2.05, 4.69) is 13.2 Å². The number of rotatable bonds is 8.